The molecule has 0 fully saturated rings. The highest BCUT2D eigenvalue weighted by molar-refractivity contribution is 5.73. The van der Waals surface area contributed by atoms with Crippen LogP contribution in [0.2, 0.25) is 0 Å². The minimum Gasteiger partial charge on any atom is -0.466 e. The van der Waals surface area contributed by atoms with Gasteiger partial charge < -0.3 is 4.74 Å². The Balaban J connectivity index is 3.24. The van der Waals surface area contributed by atoms with Crippen molar-refractivity contribution in [2.45, 2.75) is 25.7 Å². The third-order valence-corrected chi connectivity index (χ3v) is 2.59. The SMILES string of the molecule is CCOC(=O)CC=Cc1c(C(F)(F)F)cccc1C(F)(F)F. The summed E-state index contributed by atoms with van der Waals surface area (Å²) in [6.07, 6.45) is -8.74. The fraction of sp³-hybridized carbons (Fsp3) is 0.357. The van der Waals surface area contributed by atoms with Crippen molar-refractivity contribution in [2.24, 2.45) is 0 Å². The van der Waals surface area contributed by atoms with Crippen LogP contribution >= 0.6 is 0 Å². The normalized spacial score (nSPS) is 12.7. The van der Waals surface area contributed by atoms with Gasteiger partial charge in [-0.05, 0) is 24.6 Å². The molecular formula is C14H12F6O2. The number of carbonyl (C=O) groups is 1. The molecule has 0 unspecified atom stereocenters. The molecule has 2 nitrogen and oxygen atoms in total. The summed E-state index contributed by atoms with van der Waals surface area (Å²) in [4.78, 5) is 11.1. The Labute approximate surface area is 122 Å². The molecule has 0 aliphatic heterocycles. The van der Waals surface area contributed by atoms with Gasteiger partial charge in [-0.15, -0.1) is 0 Å². The molecule has 1 aromatic rings. The van der Waals surface area contributed by atoms with Crippen molar-refractivity contribution < 1.29 is 35.9 Å². The lowest BCUT2D eigenvalue weighted by molar-refractivity contribution is -0.143. The molecule has 1 rings (SSSR count). The summed E-state index contributed by atoms with van der Waals surface area (Å²) in [7, 11) is 0. The van der Waals surface area contributed by atoms with E-state index in [1.807, 2.05) is 0 Å². The molecule has 0 aromatic heterocycles. The molecule has 0 spiro atoms. The predicted octanol–water partition coefficient (Wildman–Crippen LogP) is 4.69. The van der Waals surface area contributed by atoms with Crippen LogP contribution in [0.1, 0.15) is 30.0 Å². The molecule has 0 atom stereocenters. The zero-order valence-corrected chi connectivity index (χ0v) is 11.4. The summed E-state index contributed by atoms with van der Waals surface area (Å²) >= 11 is 0. The predicted molar refractivity (Wildman–Crippen MR) is 66.7 cm³/mol. The standard InChI is InChI=1S/C14H12F6O2/c1-2-22-12(21)8-3-5-9-10(13(15,16)17)6-4-7-11(9)14(18,19)20/h3-7H,2,8H2,1H3. The second-order valence-electron chi connectivity index (χ2n) is 4.17. The van der Waals surface area contributed by atoms with Gasteiger partial charge in [0.2, 0.25) is 0 Å². The lowest BCUT2D eigenvalue weighted by Gasteiger charge is -2.16. The van der Waals surface area contributed by atoms with Crippen molar-refractivity contribution in [1.82, 2.24) is 0 Å². The average molecular weight is 326 g/mol. The van der Waals surface area contributed by atoms with Gasteiger partial charge in [0.25, 0.3) is 0 Å². The lowest BCUT2D eigenvalue weighted by atomic mass is 9.99. The number of halogens is 6. The van der Waals surface area contributed by atoms with Crippen LogP contribution < -0.4 is 0 Å². The Morgan fingerprint density at radius 3 is 2.00 bits per heavy atom. The van der Waals surface area contributed by atoms with Crippen molar-refractivity contribution in [1.29, 1.82) is 0 Å². The molecule has 0 N–H and O–H groups in total. The van der Waals surface area contributed by atoms with E-state index in [1.54, 1.807) is 0 Å². The highest BCUT2D eigenvalue weighted by atomic mass is 19.4. The highest BCUT2D eigenvalue weighted by Crippen LogP contribution is 2.39. The van der Waals surface area contributed by atoms with Crippen LogP contribution in [0.15, 0.2) is 24.3 Å². The molecule has 1 aromatic carbocycles. The Morgan fingerprint density at radius 1 is 1.09 bits per heavy atom. The molecule has 0 radical (unpaired) electrons. The first-order valence-electron chi connectivity index (χ1n) is 6.17. The van der Waals surface area contributed by atoms with Crippen LogP contribution in [0, 0.1) is 0 Å². The van der Waals surface area contributed by atoms with Crippen LogP contribution in [0.25, 0.3) is 6.08 Å². The van der Waals surface area contributed by atoms with Crippen molar-refractivity contribution in [3.63, 3.8) is 0 Å². The number of hydrogen-bond donors (Lipinski definition) is 0. The van der Waals surface area contributed by atoms with Crippen LogP contribution in [0.4, 0.5) is 26.3 Å². The fourth-order valence-corrected chi connectivity index (χ4v) is 1.73. The van der Waals surface area contributed by atoms with Gasteiger partial charge in [0, 0.05) is 0 Å². The maximum atomic E-state index is 12.8. The van der Waals surface area contributed by atoms with Gasteiger partial charge in [-0.2, -0.15) is 26.3 Å². The lowest BCUT2D eigenvalue weighted by Crippen LogP contribution is -2.14. The van der Waals surface area contributed by atoms with E-state index in [9.17, 15) is 31.1 Å². The molecule has 8 heteroatoms. The molecule has 0 saturated heterocycles. The summed E-state index contributed by atoms with van der Waals surface area (Å²) in [6, 6.07) is 1.80. The zero-order valence-electron chi connectivity index (χ0n) is 11.4. The molecule has 122 valence electrons. The fourth-order valence-electron chi connectivity index (χ4n) is 1.73. The van der Waals surface area contributed by atoms with E-state index in [1.165, 1.54) is 6.92 Å². The maximum absolute atomic E-state index is 12.8. The van der Waals surface area contributed by atoms with Crippen LogP contribution in [0.5, 0.6) is 0 Å². The number of carbonyl (C=O) groups excluding carboxylic acids is 1. The van der Waals surface area contributed by atoms with E-state index >= 15 is 0 Å². The van der Waals surface area contributed by atoms with E-state index < -0.39 is 41.4 Å². The monoisotopic (exact) mass is 326 g/mol. The minimum atomic E-state index is -4.94. The van der Waals surface area contributed by atoms with Crippen molar-refractivity contribution in [2.75, 3.05) is 6.61 Å². The minimum absolute atomic E-state index is 0.0691. The van der Waals surface area contributed by atoms with Gasteiger partial charge in [0.1, 0.15) is 0 Å². The number of ether oxygens (including phenoxy) is 1. The summed E-state index contributed by atoms with van der Waals surface area (Å²) in [6.45, 7) is 1.60. The van der Waals surface area contributed by atoms with Crippen LogP contribution in [-0.4, -0.2) is 12.6 Å². The first-order valence-corrected chi connectivity index (χ1v) is 6.17. The molecular weight excluding hydrogens is 314 g/mol. The molecule has 0 aliphatic rings. The quantitative estimate of drug-likeness (QED) is 0.593. The Morgan fingerprint density at radius 2 is 1.59 bits per heavy atom. The van der Waals surface area contributed by atoms with Gasteiger partial charge in [-0.1, -0.05) is 18.2 Å². The Kier molecular flexibility index (Phi) is 5.62. The van der Waals surface area contributed by atoms with E-state index in [0.29, 0.717) is 24.3 Å². The molecule has 0 heterocycles. The number of benzene rings is 1. The van der Waals surface area contributed by atoms with E-state index in [4.69, 9.17) is 0 Å². The number of hydrogen-bond acceptors (Lipinski definition) is 2. The second-order valence-corrected chi connectivity index (χ2v) is 4.17. The van der Waals surface area contributed by atoms with Gasteiger partial charge in [-0.3, -0.25) is 4.79 Å². The van der Waals surface area contributed by atoms with Crippen molar-refractivity contribution >= 4 is 12.0 Å². The molecule has 22 heavy (non-hydrogen) atoms. The third kappa shape index (κ3) is 4.78. The smallest absolute Gasteiger partial charge is 0.417 e. The maximum Gasteiger partial charge on any atom is 0.417 e. The van der Waals surface area contributed by atoms with Gasteiger partial charge in [-0.25, -0.2) is 0 Å². The molecule has 0 bridgehead atoms. The van der Waals surface area contributed by atoms with Crippen LogP contribution in [-0.2, 0) is 21.9 Å². The molecule has 0 saturated carbocycles. The van der Waals surface area contributed by atoms with Crippen molar-refractivity contribution in [3.05, 3.63) is 41.0 Å². The average Bonchev–Trinajstić information content (AvgIpc) is 2.36. The van der Waals surface area contributed by atoms with Crippen molar-refractivity contribution in [3.8, 4) is 0 Å². The Bertz CT molecular complexity index is 525. The zero-order chi connectivity index (χ0) is 17.0. The number of alkyl halides is 6. The van der Waals surface area contributed by atoms with Gasteiger partial charge in [0.15, 0.2) is 0 Å². The summed E-state index contributed by atoms with van der Waals surface area (Å²) in [5, 5.41) is 0. The topological polar surface area (TPSA) is 26.3 Å². The van der Waals surface area contributed by atoms with Gasteiger partial charge >= 0.3 is 18.3 Å². The number of esters is 1. The first kappa shape index (κ1) is 18.1. The summed E-state index contributed by atoms with van der Waals surface area (Å²) in [5.41, 5.74) is -3.85. The number of rotatable bonds is 4. The highest BCUT2D eigenvalue weighted by Gasteiger charge is 2.39. The Hall–Kier alpha value is -1.99. The summed E-state index contributed by atoms with van der Waals surface area (Å²) < 4.78 is 81.5. The second kappa shape index (κ2) is 6.85. The summed E-state index contributed by atoms with van der Waals surface area (Å²) in [5.74, 6) is -0.739. The van der Waals surface area contributed by atoms with E-state index in [2.05, 4.69) is 4.74 Å². The third-order valence-electron chi connectivity index (χ3n) is 2.59. The van der Waals surface area contributed by atoms with Gasteiger partial charge in [0.05, 0.1) is 24.2 Å². The van der Waals surface area contributed by atoms with E-state index in [0.717, 1.165) is 6.08 Å². The van der Waals surface area contributed by atoms with E-state index in [-0.39, 0.29) is 6.61 Å². The molecule has 0 amide bonds. The largest absolute Gasteiger partial charge is 0.466 e. The van der Waals surface area contributed by atoms with Crippen LogP contribution in [0.3, 0.4) is 0 Å². The molecule has 0 aliphatic carbocycles. The first-order chi connectivity index (χ1) is 10.1.